The third-order valence-corrected chi connectivity index (χ3v) is 5.28. The van der Waals surface area contributed by atoms with Crippen LogP contribution in [0.1, 0.15) is 12.0 Å². The molecule has 0 saturated carbocycles. The molecule has 0 atom stereocenters. The van der Waals surface area contributed by atoms with E-state index < -0.39 is 20.7 Å². The summed E-state index contributed by atoms with van der Waals surface area (Å²) in [7, 11) is -3.60. The third kappa shape index (κ3) is 5.54. The van der Waals surface area contributed by atoms with Gasteiger partial charge < -0.3 is 4.74 Å². The summed E-state index contributed by atoms with van der Waals surface area (Å²) in [4.78, 5) is 21.8. The highest BCUT2D eigenvalue weighted by Crippen LogP contribution is 2.17. The van der Waals surface area contributed by atoms with Gasteiger partial charge in [-0.15, -0.1) is 0 Å². The summed E-state index contributed by atoms with van der Waals surface area (Å²) in [6.45, 7) is -0.0855. The topological polar surface area (TPSA) is 104 Å². The predicted molar refractivity (Wildman–Crippen MR) is 91.0 cm³/mol. The fraction of sp³-hybridized carbons (Fsp3) is 0.188. The van der Waals surface area contributed by atoms with E-state index in [4.69, 9.17) is 16.3 Å². The molecule has 2 aromatic rings. The highest BCUT2D eigenvalue weighted by Gasteiger charge is 2.17. The molecule has 7 nitrogen and oxygen atoms in total. The lowest BCUT2D eigenvalue weighted by Gasteiger charge is -2.06. The molecule has 0 aliphatic rings. The Bertz CT molecular complexity index is 863. The van der Waals surface area contributed by atoms with Crippen LogP contribution >= 0.6 is 11.6 Å². The van der Waals surface area contributed by atoms with Crippen LogP contribution in [0.3, 0.4) is 0 Å². The van der Waals surface area contributed by atoms with Crippen molar-refractivity contribution in [2.45, 2.75) is 17.9 Å². The minimum absolute atomic E-state index is 0.0656. The third-order valence-electron chi connectivity index (χ3n) is 3.29. The number of nitrogens with zero attached hydrogens (tertiary/aromatic N) is 1. The molecule has 2 rings (SSSR count). The van der Waals surface area contributed by atoms with Gasteiger partial charge in [0.25, 0.3) is 5.69 Å². The summed E-state index contributed by atoms with van der Waals surface area (Å²) < 4.78 is 29.2. The van der Waals surface area contributed by atoms with Gasteiger partial charge in [-0.2, -0.15) is 0 Å². The SMILES string of the molecule is O=C(CCS(=O)(=O)c1ccc(Cl)cc1)OCc1ccc([N+](=O)[O-])cc1. The number of rotatable bonds is 7. The van der Waals surface area contributed by atoms with E-state index in [1.807, 2.05) is 0 Å². The Morgan fingerprint density at radius 2 is 1.68 bits per heavy atom. The molecular formula is C16H14ClNO6S. The van der Waals surface area contributed by atoms with Gasteiger partial charge in [0, 0.05) is 17.2 Å². The summed E-state index contributed by atoms with van der Waals surface area (Å²) in [5.41, 5.74) is 0.503. The molecule has 25 heavy (non-hydrogen) atoms. The smallest absolute Gasteiger partial charge is 0.307 e. The van der Waals surface area contributed by atoms with Gasteiger partial charge in [-0.3, -0.25) is 14.9 Å². The lowest BCUT2D eigenvalue weighted by molar-refractivity contribution is -0.384. The van der Waals surface area contributed by atoms with Crippen molar-refractivity contribution in [1.29, 1.82) is 0 Å². The van der Waals surface area contributed by atoms with Gasteiger partial charge >= 0.3 is 5.97 Å². The molecule has 0 heterocycles. The highest BCUT2D eigenvalue weighted by atomic mass is 35.5. The summed E-state index contributed by atoms with van der Waals surface area (Å²) >= 11 is 5.71. The van der Waals surface area contributed by atoms with Crippen molar-refractivity contribution in [3.63, 3.8) is 0 Å². The number of nitro groups is 1. The van der Waals surface area contributed by atoms with E-state index in [2.05, 4.69) is 0 Å². The van der Waals surface area contributed by atoms with E-state index in [0.29, 0.717) is 10.6 Å². The fourth-order valence-electron chi connectivity index (χ4n) is 1.93. The molecule has 0 radical (unpaired) electrons. The van der Waals surface area contributed by atoms with Crippen LogP contribution in [-0.2, 0) is 26.0 Å². The van der Waals surface area contributed by atoms with Crippen molar-refractivity contribution >= 4 is 33.1 Å². The first kappa shape index (κ1) is 18.9. The van der Waals surface area contributed by atoms with Crippen LogP contribution in [0.5, 0.6) is 0 Å². The molecule has 0 amide bonds. The molecule has 0 saturated heterocycles. The maximum atomic E-state index is 12.1. The largest absolute Gasteiger partial charge is 0.461 e. The summed E-state index contributed by atoms with van der Waals surface area (Å²) in [5, 5.41) is 11.0. The van der Waals surface area contributed by atoms with E-state index in [1.54, 1.807) is 0 Å². The van der Waals surface area contributed by atoms with Gasteiger partial charge in [0.05, 0.1) is 22.0 Å². The molecule has 0 fully saturated rings. The minimum atomic E-state index is -3.60. The van der Waals surface area contributed by atoms with E-state index >= 15 is 0 Å². The first-order valence-electron chi connectivity index (χ1n) is 7.15. The van der Waals surface area contributed by atoms with E-state index in [-0.39, 0.29) is 29.4 Å². The minimum Gasteiger partial charge on any atom is -0.461 e. The van der Waals surface area contributed by atoms with Crippen LogP contribution in [0.2, 0.25) is 5.02 Å². The number of hydrogen-bond acceptors (Lipinski definition) is 6. The van der Waals surface area contributed by atoms with Crippen molar-refractivity contribution in [2.75, 3.05) is 5.75 Å². The van der Waals surface area contributed by atoms with Crippen molar-refractivity contribution in [3.8, 4) is 0 Å². The Morgan fingerprint density at radius 3 is 2.24 bits per heavy atom. The molecule has 132 valence electrons. The van der Waals surface area contributed by atoms with Crippen molar-refractivity contribution < 1.29 is 22.9 Å². The number of ether oxygens (including phenoxy) is 1. The van der Waals surface area contributed by atoms with Crippen molar-refractivity contribution in [1.82, 2.24) is 0 Å². The number of non-ortho nitro benzene ring substituents is 1. The molecular weight excluding hydrogens is 370 g/mol. The van der Waals surface area contributed by atoms with Crippen LogP contribution < -0.4 is 0 Å². The Balaban J connectivity index is 1.85. The number of carbonyl (C=O) groups excluding carboxylic acids is 1. The Kier molecular flexibility index (Phi) is 6.11. The van der Waals surface area contributed by atoms with Crippen LogP contribution in [-0.4, -0.2) is 25.1 Å². The second-order valence-corrected chi connectivity index (χ2v) is 7.65. The van der Waals surface area contributed by atoms with Crippen LogP contribution in [0, 0.1) is 10.1 Å². The zero-order valence-electron chi connectivity index (χ0n) is 12.9. The second-order valence-electron chi connectivity index (χ2n) is 5.11. The molecule has 9 heteroatoms. The van der Waals surface area contributed by atoms with Crippen LogP contribution in [0.25, 0.3) is 0 Å². The zero-order chi connectivity index (χ0) is 18.4. The van der Waals surface area contributed by atoms with Crippen molar-refractivity contribution in [3.05, 3.63) is 69.2 Å². The maximum absolute atomic E-state index is 12.1. The van der Waals surface area contributed by atoms with Crippen molar-refractivity contribution in [2.24, 2.45) is 0 Å². The lowest BCUT2D eigenvalue weighted by Crippen LogP contribution is -2.13. The monoisotopic (exact) mass is 383 g/mol. The van der Waals surface area contributed by atoms with Gasteiger partial charge in [0.1, 0.15) is 6.61 Å². The molecule has 0 spiro atoms. The molecule has 2 aromatic carbocycles. The summed E-state index contributed by atoms with van der Waals surface area (Å²) in [6, 6.07) is 11.2. The van der Waals surface area contributed by atoms with Crippen LogP contribution in [0.15, 0.2) is 53.4 Å². The number of benzene rings is 2. The number of hydrogen-bond donors (Lipinski definition) is 0. The Morgan fingerprint density at radius 1 is 1.08 bits per heavy atom. The first-order valence-corrected chi connectivity index (χ1v) is 9.18. The highest BCUT2D eigenvalue weighted by molar-refractivity contribution is 7.91. The number of sulfone groups is 1. The van der Waals surface area contributed by atoms with Gasteiger partial charge in [-0.1, -0.05) is 11.6 Å². The fourth-order valence-corrected chi connectivity index (χ4v) is 3.28. The average molecular weight is 384 g/mol. The van der Waals surface area contributed by atoms with E-state index in [9.17, 15) is 23.3 Å². The molecule has 0 bridgehead atoms. The average Bonchev–Trinajstić information content (AvgIpc) is 2.59. The van der Waals surface area contributed by atoms with E-state index in [0.717, 1.165) is 0 Å². The number of carbonyl (C=O) groups is 1. The molecule has 0 aliphatic carbocycles. The molecule has 0 aliphatic heterocycles. The number of nitro benzene ring substituents is 1. The molecule has 0 N–H and O–H groups in total. The maximum Gasteiger partial charge on any atom is 0.307 e. The summed E-state index contributed by atoms with van der Waals surface area (Å²) in [6.07, 6.45) is -0.294. The Hall–Kier alpha value is -2.45. The molecule has 0 aromatic heterocycles. The van der Waals surface area contributed by atoms with Crippen LogP contribution in [0.4, 0.5) is 5.69 Å². The van der Waals surface area contributed by atoms with Gasteiger partial charge in [-0.05, 0) is 42.0 Å². The van der Waals surface area contributed by atoms with Gasteiger partial charge in [0.15, 0.2) is 9.84 Å². The normalized spacial score (nSPS) is 11.1. The zero-order valence-corrected chi connectivity index (χ0v) is 14.5. The van der Waals surface area contributed by atoms with Gasteiger partial charge in [-0.25, -0.2) is 8.42 Å². The number of esters is 1. The first-order chi connectivity index (χ1) is 11.8. The second kappa shape index (κ2) is 8.09. The quantitative estimate of drug-likeness (QED) is 0.413. The Labute approximate surface area is 149 Å². The van der Waals surface area contributed by atoms with E-state index in [1.165, 1.54) is 48.5 Å². The predicted octanol–water partition coefficient (Wildman–Crippen LogP) is 3.16. The number of halogens is 1. The summed E-state index contributed by atoms with van der Waals surface area (Å²) in [5.74, 6) is -1.05. The standard InChI is InChI=1S/C16H14ClNO6S/c17-13-3-7-15(8-4-13)25(22,23)10-9-16(19)24-11-12-1-5-14(6-2-12)18(20)21/h1-8H,9-11H2. The lowest BCUT2D eigenvalue weighted by atomic mass is 10.2. The molecule has 0 unspecified atom stereocenters. The van der Waals surface area contributed by atoms with Gasteiger partial charge in [0.2, 0.25) is 0 Å².